The molecule has 10 heteroatoms. The third-order valence-corrected chi connectivity index (χ3v) is 3.90. The molecule has 0 aromatic heterocycles. The zero-order valence-corrected chi connectivity index (χ0v) is 15.8. The first-order valence-electron chi connectivity index (χ1n) is 7.85. The topological polar surface area (TPSA) is 101 Å². The fourth-order valence-electron chi connectivity index (χ4n) is 1.92. The van der Waals surface area contributed by atoms with Crippen LogP contribution in [0.2, 0.25) is 10.0 Å². The quantitative estimate of drug-likeness (QED) is 0.294. The maximum absolute atomic E-state index is 11.7. The number of carbonyl (C=O) groups excluding carboxylic acids is 2. The van der Waals surface area contributed by atoms with Gasteiger partial charge in [0.2, 0.25) is 5.91 Å². The largest absolute Gasteiger partial charge is 0.378 e. The number of benzene rings is 1. The number of nitrogens with zero attached hydrogens (tertiary/aromatic N) is 1. The Labute approximate surface area is 162 Å². The lowest BCUT2D eigenvalue weighted by molar-refractivity contribution is -0.132. The highest BCUT2D eigenvalue weighted by molar-refractivity contribution is 6.41. The van der Waals surface area contributed by atoms with E-state index in [-0.39, 0.29) is 30.7 Å². The standard InChI is InChI=1S/C10H18N4O4.C6H4Cl2/c1-11-9(14-18-7-15)4-10(16)13-8-5-12-2-3-17-6-8;7-5-3-1-2-4-6(5)8/h7-8,12H,2-6H2,1H3,(H,11,14)(H,13,16);1-4H. The average molecular weight is 405 g/mol. The highest BCUT2D eigenvalue weighted by Gasteiger charge is 2.16. The number of ether oxygens (including phenoxy) is 1. The van der Waals surface area contributed by atoms with Gasteiger partial charge in [-0.1, -0.05) is 35.3 Å². The Bertz CT molecular complexity index is 572. The Hall–Kier alpha value is -1.87. The number of aliphatic imine (C=N–C) groups is 1. The van der Waals surface area contributed by atoms with Gasteiger partial charge in [0.1, 0.15) is 5.84 Å². The molecule has 0 bridgehead atoms. The number of carbonyl (C=O) groups is 2. The zero-order valence-electron chi connectivity index (χ0n) is 14.3. The number of rotatable bonds is 5. The lowest BCUT2D eigenvalue weighted by atomic mass is 10.3. The van der Waals surface area contributed by atoms with Gasteiger partial charge >= 0.3 is 6.47 Å². The molecule has 1 atom stereocenters. The summed E-state index contributed by atoms with van der Waals surface area (Å²) in [7, 11) is 1.50. The minimum absolute atomic E-state index is 0.0147. The van der Waals surface area contributed by atoms with E-state index in [1.165, 1.54) is 7.05 Å². The van der Waals surface area contributed by atoms with Crippen molar-refractivity contribution < 1.29 is 19.2 Å². The van der Waals surface area contributed by atoms with Crippen molar-refractivity contribution in [2.24, 2.45) is 4.99 Å². The fourth-order valence-corrected chi connectivity index (χ4v) is 2.19. The molecule has 1 unspecified atom stereocenters. The third kappa shape index (κ3) is 9.57. The van der Waals surface area contributed by atoms with Crippen LogP contribution in [0.15, 0.2) is 29.3 Å². The summed E-state index contributed by atoms with van der Waals surface area (Å²) in [6.45, 7) is 2.80. The molecule has 0 radical (unpaired) electrons. The lowest BCUT2D eigenvalue weighted by Crippen LogP contribution is -2.44. The summed E-state index contributed by atoms with van der Waals surface area (Å²) in [5.41, 5.74) is 2.27. The van der Waals surface area contributed by atoms with Crippen LogP contribution >= 0.6 is 23.2 Å². The van der Waals surface area contributed by atoms with Crippen molar-refractivity contribution in [3.63, 3.8) is 0 Å². The number of amidine groups is 1. The van der Waals surface area contributed by atoms with Gasteiger partial charge < -0.3 is 20.2 Å². The molecule has 1 fully saturated rings. The monoisotopic (exact) mass is 404 g/mol. The van der Waals surface area contributed by atoms with Crippen molar-refractivity contribution in [1.29, 1.82) is 0 Å². The molecular weight excluding hydrogens is 383 g/mol. The molecule has 2 rings (SSSR count). The highest BCUT2D eigenvalue weighted by atomic mass is 35.5. The number of halogens is 2. The van der Waals surface area contributed by atoms with Crippen LogP contribution in [0.4, 0.5) is 0 Å². The molecule has 1 aromatic rings. The van der Waals surface area contributed by atoms with E-state index in [4.69, 9.17) is 27.9 Å². The molecular formula is C16H22Cl2N4O4. The number of hydrogen-bond acceptors (Lipinski definition) is 6. The van der Waals surface area contributed by atoms with Crippen molar-refractivity contribution >= 4 is 41.4 Å². The number of hydroxylamine groups is 1. The molecule has 26 heavy (non-hydrogen) atoms. The van der Waals surface area contributed by atoms with Crippen LogP contribution in [0, 0.1) is 0 Å². The first-order chi connectivity index (χ1) is 12.6. The van der Waals surface area contributed by atoms with E-state index in [0.29, 0.717) is 29.8 Å². The SMILES string of the molecule is CN=C(CC(=O)NC1CNCCOC1)NOC=O.Clc1ccccc1Cl. The Balaban J connectivity index is 0.000000350. The van der Waals surface area contributed by atoms with Crippen LogP contribution in [0.5, 0.6) is 0 Å². The molecule has 0 saturated carbocycles. The van der Waals surface area contributed by atoms with E-state index >= 15 is 0 Å². The van der Waals surface area contributed by atoms with Crippen LogP contribution in [-0.2, 0) is 19.2 Å². The lowest BCUT2D eigenvalue weighted by Gasteiger charge is -2.16. The Kier molecular flexibility index (Phi) is 11.4. The van der Waals surface area contributed by atoms with E-state index in [0.717, 1.165) is 6.54 Å². The molecule has 1 aliphatic heterocycles. The van der Waals surface area contributed by atoms with Gasteiger partial charge in [0, 0.05) is 20.1 Å². The number of hydrogen-bond donors (Lipinski definition) is 3. The highest BCUT2D eigenvalue weighted by Crippen LogP contribution is 2.19. The Morgan fingerprint density at radius 1 is 1.42 bits per heavy atom. The van der Waals surface area contributed by atoms with E-state index in [9.17, 15) is 9.59 Å². The number of nitrogens with one attached hydrogen (secondary N) is 3. The average Bonchev–Trinajstić information content (AvgIpc) is 2.90. The smallest absolute Gasteiger partial charge is 0.320 e. The van der Waals surface area contributed by atoms with Gasteiger partial charge in [-0.2, -0.15) is 0 Å². The van der Waals surface area contributed by atoms with E-state index in [1.54, 1.807) is 12.1 Å². The normalized spacial score (nSPS) is 17.2. The van der Waals surface area contributed by atoms with Crippen LogP contribution < -0.4 is 16.1 Å². The van der Waals surface area contributed by atoms with Crippen LogP contribution in [-0.4, -0.2) is 57.6 Å². The molecule has 1 amide bonds. The molecule has 144 valence electrons. The summed E-state index contributed by atoms with van der Waals surface area (Å²) < 4.78 is 5.31. The summed E-state index contributed by atoms with van der Waals surface area (Å²) in [6.07, 6.45) is 0.0147. The second-order valence-corrected chi connectivity index (χ2v) is 5.94. The van der Waals surface area contributed by atoms with Crippen molar-refractivity contribution in [3.05, 3.63) is 34.3 Å². The van der Waals surface area contributed by atoms with Gasteiger partial charge in [0.25, 0.3) is 0 Å². The van der Waals surface area contributed by atoms with Crippen molar-refractivity contribution in [2.45, 2.75) is 12.5 Å². The van der Waals surface area contributed by atoms with Crippen LogP contribution in [0.3, 0.4) is 0 Å². The Morgan fingerprint density at radius 2 is 2.12 bits per heavy atom. The first-order valence-corrected chi connectivity index (χ1v) is 8.61. The molecule has 1 aromatic carbocycles. The molecule has 1 saturated heterocycles. The maximum atomic E-state index is 11.7. The van der Waals surface area contributed by atoms with Crippen molar-refractivity contribution in [1.82, 2.24) is 16.1 Å². The third-order valence-electron chi connectivity index (χ3n) is 3.15. The van der Waals surface area contributed by atoms with Gasteiger partial charge in [-0.3, -0.25) is 14.6 Å². The van der Waals surface area contributed by atoms with Gasteiger partial charge in [0.15, 0.2) is 0 Å². The van der Waals surface area contributed by atoms with Gasteiger partial charge in [-0.25, -0.2) is 5.48 Å². The van der Waals surface area contributed by atoms with E-state index in [1.807, 2.05) is 12.1 Å². The molecule has 1 aliphatic rings. The summed E-state index contributed by atoms with van der Waals surface area (Å²) in [5.74, 6) is 0.0667. The predicted octanol–water partition coefficient (Wildman–Crippen LogP) is 1.18. The zero-order chi connectivity index (χ0) is 19.2. The molecule has 8 nitrogen and oxygen atoms in total. The minimum Gasteiger partial charge on any atom is -0.378 e. The Morgan fingerprint density at radius 3 is 2.69 bits per heavy atom. The second kappa shape index (κ2) is 13.3. The molecule has 1 heterocycles. The first kappa shape index (κ1) is 22.2. The van der Waals surface area contributed by atoms with Crippen LogP contribution in [0.25, 0.3) is 0 Å². The summed E-state index contributed by atoms with van der Waals surface area (Å²) >= 11 is 11.2. The summed E-state index contributed by atoms with van der Waals surface area (Å²) in [4.78, 5) is 29.8. The van der Waals surface area contributed by atoms with Crippen LogP contribution in [0.1, 0.15) is 6.42 Å². The van der Waals surface area contributed by atoms with Gasteiger partial charge in [-0.15, -0.1) is 0 Å². The summed E-state index contributed by atoms with van der Waals surface area (Å²) in [5, 5.41) is 7.17. The van der Waals surface area contributed by atoms with Gasteiger partial charge in [-0.05, 0) is 12.1 Å². The maximum Gasteiger partial charge on any atom is 0.320 e. The van der Waals surface area contributed by atoms with Gasteiger partial charge in [0.05, 0.1) is 35.7 Å². The summed E-state index contributed by atoms with van der Waals surface area (Å²) in [6, 6.07) is 7.13. The fraction of sp³-hybridized carbons (Fsp3) is 0.438. The number of amides is 1. The molecule has 0 spiro atoms. The van der Waals surface area contributed by atoms with E-state index in [2.05, 4.69) is 25.9 Å². The molecule has 3 N–H and O–H groups in total. The van der Waals surface area contributed by atoms with E-state index < -0.39 is 0 Å². The minimum atomic E-state index is -0.213. The van der Waals surface area contributed by atoms with Crippen molar-refractivity contribution in [2.75, 3.05) is 33.4 Å². The van der Waals surface area contributed by atoms with Crippen molar-refractivity contribution in [3.8, 4) is 0 Å². The molecule has 0 aliphatic carbocycles. The predicted molar refractivity (Wildman–Crippen MR) is 100 cm³/mol. The second-order valence-electron chi connectivity index (χ2n) is 5.12.